The van der Waals surface area contributed by atoms with E-state index in [0.29, 0.717) is 32.4 Å². The molecule has 1 atom stereocenters. The molecule has 1 saturated heterocycles. The number of likely N-dealkylation sites (tertiary alicyclic amines) is 1. The molecule has 3 rings (SSSR count). The number of pyridine rings is 1. The fourth-order valence-electron chi connectivity index (χ4n) is 3.39. The minimum absolute atomic E-state index is 0.109. The molecule has 0 radical (unpaired) electrons. The van der Waals surface area contributed by atoms with E-state index in [2.05, 4.69) is 4.98 Å². The van der Waals surface area contributed by atoms with Crippen LogP contribution in [0.5, 0.6) is 0 Å². The normalized spacial score (nSPS) is 16.4. The molecule has 0 spiro atoms. The van der Waals surface area contributed by atoms with Crippen LogP contribution in [0.25, 0.3) is 0 Å². The van der Waals surface area contributed by atoms with Crippen LogP contribution in [0.2, 0.25) is 0 Å². The highest BCUT2D eigenvalue weighted by molar-refractivity contribution is 5.84. The molecule has 1 unspecified atom stereocenters. The first kappa shape index (κ1) is 17.1. The first-order valence-electron chi connectivity index (χ1n) is 8.67. The first-order valence-corrected chi connectivity index (χ1v) is 8.67. The Bertz CT molecular complexity index is 710. The Hall–Kier alpha value is -2.69. The Kier molecular flexibility index (Phi) is 5.43. The van der Waals surface area contributed by atoms with Crippen LogP contribution >= 0.6 is 0 Å². The molecule has 1 fully saturated rings. The zero-order valence-corrected chi connectivity index (χ0v) is 14.2. The van der Waals surface area contributed by atoms with Crippen LogP contribution in [0.4, 0.5) is 0 Å². The Morgan fingerprint density at radius 2 is 1.84 bits per heavy atom. The largest absolute Gasteiger partial charge is 0.369 e. The van der Waals surface area contributed by atoms with Crippen molar-refractivity contribution in [2.75, 3.05) is 13.1 Å². The number of piperidine rings is 1. The maximum atomic E-state index is 13.2. The summed E-state index contributed by atoms with van der Waals surface area (Å²) in [7, 11) is 0. The highest BCUT2D eigenvalue weighted by atomic mass is 16.2. The lowest BCUT2D eigenvalue weighted by Gasteiger charge is -2.33. The Morgan fingerprint density at radius 3 is 2.44 bits per heavy atom. The van der Waals surface area contributed by atoms with Gasteiger partial charge < -0.3 is 10.6 Å². The van der Waals surface area contributed by atoms with Crippen LogP contribution in [0.1, 0.15) is 29.9 Å². The summed E-state index contributed by atoms with van der Waals surface area (Å²) in [5, 5.41) is 0. The number of hydrogen-bond donors (Lipinski definition) is 1. The minimum atomic E-state index is -0.262. The zero-order chi connectivity index (χ0) is 17.6. The fraction of sp³-hybridized carbons (Fsp3) is 0.350. The number of amides is 2. The topological polar surface area (TPSA) is 76.3 Å². The number of rotatable bonds is 5. The van der Waals surface area contributed by atoms with Crippen molar-refractivity contribution in [1.82, 2.24) is 9.88 Å². The van der Waals surface area contributed by atoms with Gasteiger partial charge in [-0.1, -0.05) is 36.4 Å². The van der Waals surface area contributed by atoms with Gasteiger partial charge in [-0.15, -0.1) is 0 Å². The molecule has 5 heteroatoms. The summed E-state index contributed by atoms with van der Waals surface area (Å²) in [6, 6.07) is 13.7. The summed E-state index contributed by atoms with van der Waals surface area (Å²) in [5.41, 5.74) is 7.44. The van der Waals surface area contributed by atoms with Crippen molar-refractivity contribution in [2.24, 2.45) is 11.7 Å². The molecular weight excluding hydrogens is 314 g/mol. The van der Waals surface area contributed by atoms with Crippen LogP contribution in [0.3, 0.4) is 0 Å². The van der Waals surface area contributed by atoms with Crippen LogP contribution in [0, 0.1) is 5.92 Å². The lowest BCUT2D eigenvalue weighted by Crippen LogP contribution is -2.44. The van der Waals surface area contributed by atoms with Crippen LogP contribution in [0.15, 0.2) is 54.9 Å². The third-order valence-electron chi connectivity index (χ3n) is 4.87. The number of carbonyl (C=O) groups is 2. The second kappa shape index (κ2) is 7.92. The SMILES string of the molecule is NC(=O)C1CCN(C(=O)C(Cc2cccnc2)c2ccccc2)CC1. The third kappa shape index (κ3) is 4.24. The van der Waals surface area contributed by atoms with Crippen LogP contribution in [-0.4, -0.2) is 34.8 Å². The molecule has 0 saturated carbocycles. The second-order valence-corrected chi connectivity index (χ2v) is 6.53. The van der Waals surface area contributed by atoms with Gasteiger partial charge in [-0.05, 0) is 36.5 Å². The summed E-state index contributed by atoms with van der Waals surface area (Å²) in [4.78, 5) is 30.5. The van der Waals surface area contributed by atoms with Crippen LogP contribution < -0.4 is 5.73 Å². The number of aromatic nitrogens is 1. The monoisotopic (exact) mass is 337 g/mol. The van der Waals surface area contributed by atoms with Gasteiger partial charge >= 0.3 is 0 Å². The van der Waals surface area contributed by atoms with Crippen molar-refractivity contribution in [3.63, 3.8) is 0 Å². The quantitative estimate of drug-likeness (QED) is 0.908. The van der Waals surface area contributed by atoms with E-state index < -0.39 is 0 Å². The maximum Gasteiger partial charge on any atom is 0.230 e. The van der Waals surface area contributed by atoms with Gasteiger partial charge in [-0.25, -0.2) is 0 Å². The number of primary amides is 1. The van der Waals surface area contributed by atoms with Crippen molar-refractivity contribution >= 4 is 11.8 Å². The fourth-order valence-corrected chi connectivity index (χ4v) is 3.39. The highest BCUT2D eigenvalue weighted by Crippen LogP contribution is 2.26. The lowest BCUT2D eigenvalue weighted by molar-refractivity contribution is -0.136. The number of carbonyl (C=O) groups excluding carboxylic acids is 2. The number of benzene rings is 1. The second-order valence-electron chi connectivity index (χ2n) is 6.53. The predicted octanol–water partition coefficient (Wildman–Crippen LogP) is 2.13. The summed E-state index contributed by atoms with van der Waals surface area (Å²) in [6.07, 6.45) is 5.46. The van der Waals surface area contributed by atoms with E-state index in [0.717, 1.165) is 11.1 Å². The average Bonchev–Trinajstić information content (AvgIpc) is 2.67. The van der Waals surface area contributed by atoms with E-state index >= 15 is 0 Å². The van der Waals surface area contributed by atoms with E-state index in [-0.39, 0.29) is 23.7 Å². The van der Waals surface area contributed by atoms with E-state index in [4.69, 9.17) is 5.73 Å². The van der Waals surface area contributed by atoms with Crippen molar-refractivity contribution in [3.8, 4) is 0 Å². The molecule has 1 aliphatic heterocycles. The third-order valence-corrected chi connectivity index (χ3v) is 4.87. The molecule has 1 aromatic carbocycles. The summed E-state index contributed by atoms with van der Waals surface area (Å²) in [6.45, 7) is 1.17. The van der Waals surface area contributed by atoms with Crippen molar-refractivity contribution < 1.29 is 9.59 Å². The van der Waals surface area contributed by atoms with Crippen molar-refractivity contribution in [2.45, 2.75) is 25.2 Å². The van der Waals surface area contributed by atoms with Gasteiger partial charge in [-0.2, -0.15) is 0 Å². The van der Waals surface area contributed by atoms with E-state index in [1.165, 1.54) is 0 Å². The van der Waals surface area contributed by atoms with Crippen LogP contribution in [-0.2, 0) is 16.0 Å². The average molecular weight is 337 g/mol. The zero-order valence-electron chi connectivity index (χ0n) is 14.2. The minimum Gasteiger partial charge on any atom is -0.369 e. The molecule has 2 N–H and O–H groups in total. The van der Waals surface area contributed by atoms with Gasteiger partial charge in [0, 0.05) is 31.4 Å². The molecule has 2 heterocycles. The Balaban J connectivity index is 1.77. The first-order chi connectivity index (χ1) is 12.1. The maximum absolute atomic E-state index is 13.2. The molecule has 25 heavy (non-hydrogen) atoms. The molecule has 1 aromatic heterocycles. The Morgan fingerprint density at radius 1 is 1.12 bits per heavy atom. The smallest absolute Gasteiger partial charge is 0.230 e. The molecule has 2 amide bonds. The van der Waals surface area contributed by atoms with Crippen molar-refractivity contribution in [3.05, 3.63) is 66.0 Å². The summed E-state index contributed by atoms with van der Waals surface area (Å²) in [5.74, 6) is -0.506. The highest BCUT2D eigenvalue weighted by Gasteiger charge is 2.30. The molecule has 5 nitrogen and oxygen atoms in total. The summed E-state index contributed by atoms with van der Waals surface area (Å²) >= 11 is 0. The molecule has 1 aliphatic rings. The van der Waals surface area contributed by atoms with Crippen molar-refractivity contribution in [1.29, 1.82) is 0 Å². The van der Waals surface area contributed by atoms with Gasteiger partial charge in [0.15, 0.2) is 0 Å². The van der Waals surface area contributed by atoms with E-state index in [1.54, 1.807) is 6.20 Å². The number of nitrogens with zero attached hydrogens (tertiary/aromatic N) is 2. The predicted molar refractivity (Wildman–Crippen MR) is 95.6 cm³/mol. The molecule has 2 aromatic rings. The Labute approximate surface area is 147 Å². The van der Waals surface area contributed by atoms with Gasteiger partial charge in [0.2, 0.25) is 11.8 Å². The molecule has 0 aliphatic carbocycles. The van der Waals surface area contributed by atoms with E-state index in [1.807, 2.05) is 53.6 Å². The van der Waals surface area contributed by atoms with Gasteiger partial charge in [0.25, 0.3) is 0 Å². The molecular formula is C20H23N3O2. The van der Waals surface area contributed by atoms with Gasteiger partial charge in [0.05, 0.1) is 5.92 Å². The number of nitrogens with two attached hydrogens (primary N) is 1. The molecule has 130 valence electrons. The standard InChI is InChI=1S/C20H23N3O2/c21-19(24)17-8-11-23(12-9-17)20(25)18(16-6-2-1-3-7-16)13-15-5-4-10-22-14-15/h1-7,10,14,17-18H,8-9,11-13H2,(H2,21,24). The van der Waals surface area contributed by atoms with Gasteiger partial charge in [-0.3, -0.25) is 14.6 Å². The summed E-state index contributed by atoms with van der Waals surface area (Å²) < 4.78 is 0. The van der Waals surface area contributed by atoms with E-state index in [9.17, 15) is 9.59 Å². The lowest BCUT2D eigenvalue weighted by atomic mass is 9.89. The van der Waals surface area contributed by atoms with Gasteiger partial charge in [0.1, 0.15) is 0 Å². The molecule has 0 bridgehead atoms. The number of hydrogen-bond acceptors (Lipinski definition) is 3.